The molecule has 4 aliphatic rings. The third-order valence-corrected chi connectivity index (χ3v) is 10.8. The van der Waals surface area contributed by atoms with Gasteiger partial charge in [-0.25, -0.2) is 9.78 Å². The van der Waals surface area contributed by atoms with Crippen LogP contribution in [0.3, 0.4) is 0 Å². The van der Waals surface area contributed by atoms with Crippen molar-refractivity contribution >= 4 is 63.4 Å². The molecule has 0 saturated carbocycles. The van der Waals surface area contributed by atoms with Crippen LogP contribution in [0.15, 0.2) is 67.0 Å². The number of fused-ring (bicyclic) bond motifs is 2. The normalized spacial score (nSPS) is 21.6. The van der Waals surface area contributed by atoms with Gasteiger partial charge in [-0.3, -0.25) is 34.4 Å². The number of piperazine rings is 2. The van der Waals surface area contributed by atoms with Gasteiger partial charge in [0.05, 0.1) is 34.1 Å². The molecular formula is C39H38N10O5. The van der Waals surface area contributed by atoms with Gasteiger partial charge in [-0.15, -0.1) is 0 Å². The Balaban J connectivity index is 0.865. The highest BCUT2D eigenvalue weighted by molar-refractivity contribution is 6.23. The Hall–Kier alpha value is -6.56. The molecule has 2 N–H and O–H groups in total. The SMILES string of the molecule is C[C@@H]1CN(c2ccc(C#N)c3ncccc23)[C@@H](C)CN1C(=O)Nc1ccc(N2CCN(c3ccc4c(c3)C(=O)N(C3CCC(=O)NC3=O)C4=O)CC2)nc1. The predicted octanol–water partition coefficient (Wildman–Crippen LogP) is 3.36. The third-order valence-electron chi connectivity index (χ3n) is 10.8. The lowest BCUT2D eigenvalue weighted by Gasteiger charge is -2.45. The van der Waals surface area contributed by atoms with Crippen molar-refractivity contribution in [1.29, 1.82) is 5.26 Å². The van der Waals surface area contributed by atoms with Gasteiger partial charge >= 0.3 is 6.03 Å². The standard InChI is InChI=1S/C39H38N10O5/c1-23-22-48(24(2)21-47(23)31-9-5-25(19-40)35-29(31)4-3-13-41-35)39(54)43-26-6-11-33(42-20-26)46-16-14-45(15-17-46)27-7-8-28-30(18-27)38(53)49(37(28)52)32-10-12-34(50)44-36(32)51/h3-9,11,13,18,20,23-24,32H,10,12,14-17,21-22H2,1-2H3,(H,43,54)(H,44,50,51)/t23-,24+,32?/m0/s1. The molecule has 0 bridgehead atoms. The van der Waals surface area contributed by atoms with Crippen molar-refractivity contribution in [3.63, 3.8) is 0 Å². The first kappa shape index (κ1) is 34.5. The second kappa shape index (κ2) is 13.8. The van der Waals surface area contributed by atoms with E-state index in [1.807, 2.05) is 48.2 Å². The summed E-state index contributed by atoms with van der Waals surface area (Å²) in [4.78, 5) is 82.4. The topological polar surface area (TPSA) is 175 Å². The number of piperidine rings is 1. The number of carbonyl (C=O) groups is 5. The first-order valence-corrected chi connectivity index (χ1v) is 18.0. The number of nitriles is 1. The minimum atomic E-state index is -1.00. The summed E-state index contributed by atoms with van der Waals surface area (Å²) in [7, 11) is 0. The van der Waals surface area contributed by atoms with Crippen LogP contribution in [0.25, 0.3) is 10.9 Å². The lowest BCUT2D eigenvalue weighted by atomic mass is 10.0. The van der Waals surface area contributed by atoms with Crippen molar-refractivity contribution in [3.05, 3.63) is 83.7 Å². The Morgan fingerprint density at radius 1 is 0.889 bits per heavy atom. The van der Waals surface area contributed by atoms with Crippen molar-refractivity contribution in [3.8, 4) is 6.07 Å². The highest BCUT2D eigenvalue weighted by Crippen LogP contribution is 2.33. The Kier molecular flexibility index (Phi) is 8.80. The minimum absolute atomic E-state index is 0.0229. The summed E-state index contributed by atoms with van der Waals surface area (Å²) in [5.41, 5.74) is 4.11. The maximum absolute atomic E-state index is 13.5. The van der Waals surface area contributed by atoms with E-state index in [-0.39, 0.29) is 42.1 Å². The number of nitrogens with zero attached hydrogens (tertiary/aromatic N) is 8. The third kappa shape index (κ3) is 6.09. The zero-order valence-electron chi connectivity index (χ0n) is 29.9. The molecule has 15 nitrogen and oxygen atoms in total. The monoisotopic (exact) mass is 726 g/mol. The van der Waals surface area contributed by atoms with E-state index < -0.39 is 29.7 Å². The molecule has 8 rings (SSSR count). The van der Waals surface area contributed by atoms with Gasteiger partial charge in [0.1, 0.15) is 17.9 Å². The predicted molar refractivity (Wildman–Crippen MR) is 200 cm³/mol. The van der Waals surface area contributed by atoms with E-state index >= 15 is 0 Å². The molecule has 2 aromatic heterocycles. The van der Waals surface area contributed by atoms with Gasteiger partial charge < -0.3 is 24.9 Å². The van der Waals surface area contributed by atoms with Crippen LogP contribution in [-0.2, 0) is 9.59 Å². The number of hydrogen-bond acceptors (Lipinski definition) is 11. The summed E-state index contributed by atoms with van der Waals surface area (Å²) >= 11 is 0. The zero-order chi connectivity index (χ0) is 37.7. The van der Waals surface area contributed by atoms with Crippen LogP contribution in [-0.4, -0.2) is 107 Å². The molecule has 2 aromatic carbocycles. The van der Waals surface area contributed by atoms with Crippen LogP contribution in [0.5, 0.6) is 0 Å². The van der Waals surface area contributed by atoms with Crippen LogP contribution in [0.1, 0.15) is 53.0 Å². The first-order valence-electron chi connectivity index (χ1n) is 18.0. The van der Waals surface area contributed by atoms with Crippen LogP contribution in [0, 0.1) is 11.3 Å². The van der Waals surface area contributed by atoms with Gasteiger partial charge in [0, 0.05) is 80.7 Å². The number of aromatic nitrogens is 2. The zero-order valence-corrected chi connectivity index (χ0v) is 29.9. The summed E-state index contributed by atoms with van der Waals surface area (Å²) in [5.74, 6) is -1.31. The van der Waals surface area contributed by atoms with E-state index in [0.717, 1.165) is 27.5 Å². The number of carbonyl (C=O) groups excluding carboxylic acids is 5. The second-order valence-electron chi connectivity index (χ2n) is 14.1. The van der Waals surface area contributed by atoms with Crippen molar-refractivity contribution in [2.75, 3.05) is 59.3 Å². The highest BCUT2D eigenvalue weighted by Gasteiger charge is 2.45. The quantitative estimate of drug-likeness (QED) is 0.289. The number of pyridine rings is 2. The van der Waals surface area contributed by atoms with Crippen LogP contribution in [0.2, 0.25) is 0 Å². The largest absolute Gasteiger partial charge is 0.368 e. The second-order valence-corrected chi connectivity index (χ2v) is 14.1. The molecule has 6 heterocycles. The molecule has 15 heteroatoms. The molecule has 4 aromatic rings. The first-order chi connectivity index (χ1) is 26.1. The Morgan fingerprint density at radius 2 is 1.67 bits per heavy atom. The summed E-state index contributed by atoms with van der Waals surface area (Å²) in [6, 6.07) is 17.5. The number of urea groups is 1. The van der Waals surface area contributed by atoms with E-state index in [9.17, 15) is 29.2 Å². The summed E-state index contributed by atoms with van der Waals surface area (Å²) in [6.07, 6.45) is 3.54. The molecule has 274 valence electrons. The van der Waals surface area contributed by atoms with E-state index in [4.69, 9.17) is 0 Å². The fraction of sp³-hybridized carbons (Fsp3) is 0.333. The maximum atomic E-state index is 13.5. The summed E-state index contributed by atoms with van der Waals surface area (Å²) < 4.78 is 0. The van der Waals surface area contributed by atoms with Crippen molar-refractivity contribution in [2.24, 2.45) is 0 Å². The molecule has 0 spiro atoms. The number of anilines is 4. The van der Waals surface area contributed by atoms with E-state index in [1.54, 1.807) is 30.6 Å². The van der Waals surface area contributed by atoms with Crippen molar-refractivity contribution in [2.45, 2.75) is 44.8 Å². The number of nitrogens with one attached hydrogen (secondary N) is 2. The molecule has 6 amide bonds. The average Bonchev–Trinajstić information content (AvgIpc) is 3.43. The lowest BCUT2D eigenvalue weighted by molar-refractivity contribution is -0.136. The fourth-order valence-corrected chi connectivity index (χ4v) is 7.94. The van der Waals surface area contributed by atoms with Crippen molar-refractivity contribution < 1.29 is 24.0 Å². The number of imide groups is 2. The number of benzene rings is 2. The minimum Gasteiger partial charge on any atom is -0.368 e. The van der Waals surface area contributed by atoms with Gasteiger partial charge in [0.2, 0.25) is 11.8 Å². The van der Waals surface area contributed by atoms with Gasteiger partial charge in [-0.05, 0) is 74.9 Å². The molecule has 0 aliphatic carbocycles. The lowest BCUT2D eigenvalue weighted by Crippen LogP contribution is -2.59. The summed E-state index contributed by atoms with van der Waals surface area (Å²) in [5, 5.41) is 15.7. The Bertz CT molecular complexity index is 2250. The molecule has 1 unspecified atom stereocenters. The van der Waals surface area contributed by atoms with Gasteiger partial charge in [-0.1, -0.05) is 0 Å². The van der Waals surface area contributed by atoms with Crippen LogP contribution in [0.4, 0.5) is 27.7 Å². The van der Waals surface area contributed by atoms with E-state index in [2.05, 4.69) is 48.3 Å². The average molecular weight is 727 g/mol. The molecular weight excluding hydrogens is 688 g/mol. The van der Waals surface area contributed by atoms with Crippen molar-refractivity contribution in [1.82, 2.24) is 25.1 Å². The molecule has 3 fully saturated rings. The highest BCUT2D eigenvalue weighted by atomic mass is 16.2. The van der Waals surface area contributed by atoms with Crippen LogP contribution < -0.4 is 25.3 Å². The number of hydrogen-bond donors (Lipinski definition) is 2. The molecule has 3 saturated heterocycles. The Labute approximate surface area is 311 Å². The summed E-state index contributed by atoms with van der Waals surface area (Å²) in [6.45, 7) is 7.87. The van der Waals surface area contributed by atoms with Gasteiger partial charge in [0.25, 0.3) is 11.8 Å². The van der Waals surface area contributed by atoms with E-state index in [0.29, 0.717) is 56.0 Å². The molecule has 4 aliphatic heterocycles. The number of amides is 6. The molecule has 54 heavy (non-hydrogen) atoms. The van der Waals surface area contributed by atoms with Gasteiger partial charge in [-0.2, -0.15) is 5.26 Å². The van der Waals surface area contributed by atoms with E-state index in [1.165, 1.54) is 0 Å². The van der Waals surface area contributed by atoms with Crippen LogP contribution >= 0.6 is 0 Å². The Morgan fingerprint density at radius 3 is 2.41 bits per heavy atom. The smallest absolute Gasteiger partial charge is 0.322 e. The number of rotatable bonds is 5. The molecule has 3 atom stereocenters. The fourth-order valence-electron chi connectivity index (χ4n) is 7.94. The maximum Gasteiger partial charge on any atom is 0.322 e. The van der Waals surface area contributed by atoms with Gasteiger partial charge in [0.15, 0.2) is 0 Å². The molecule has 0 radical (unpaired) electrons.